The molecule has 0 aromatic heterocycles. The highest BCUT2D eigenvalue weighted by molar-refractivity contribution is 5.94. The van der Waals surface area contributed by atoms with Gasteiger partial charge in [0.1, 0.15) is 6.34 Å². The van der Waals surface area contributed by atoms with Crippen molar-refractivity contribution in [3.8, 4) is 0 Å². The Balaban J connectivity index is 1.81. The van der Waals surface area contributed by atoms with Crippen LogP contribution < -0.4 is 5.43 Å². The molecule has 1 aromatic carbocycles. The predicted octanol–water partition coefficient (Wildman–Crippen LogP) is 0.692. The van der Waals surface area contributed by atoms with E-state index in [1.165, 1.54) is 0 Å². The van der Waals surface area contributed by atoms with Crippen molar-refractivity contribution in [3.63, 3.8) is 0 Å². The molecule has 1 saturated heterocycles. The van der Waals surface area contributed by atoms with E-state index in [0.29, 0.717) is 18.8 Å². The number of carbonyl (C=O) groups excluding carboxylic acids is 1. The number of nitrogens with zero attached hydrogens (tertiary/aromatic N) is 2. The van der Waals surface area contributed by atoms with Gasteiger partial charge in [-0.2, -0.15) is 5.10 Å². The van der Waals surface area contributed by atoms with E-state index in [1.807, 2.05) is 23.1 Å². The Labute approximate surface area is 100 Å². The van der Waals surface area contributed by atoms with Crippen molar-refractivity contribution in [2.45, 2.75) is 0 Å². The van der Waals surface area contributed by atoms with E-state index in [2.05, 4.69) is 10.5 Å². The maximum atomic E-state index is 11.6. The Morgan fingerprint density at radius 2 is 2.00 bits per heavy atom. The fourth-order valence-corrected chi connectivity index (χ4v) is 1.52. The zero-order valence-electron chi connectivity index (χ0n) is 9.50. The number of nitrogens with one attached hydrogen (secondary N) is 1. The molecule has 2 rings (SSSR count). The molecule has 0 atom stereocenters. The summed E-state index contributed by atoms with van der Waals surface area (Å²) in [7, 11) is 0. The van der Waals surface area contributed by atoms with E-state index in [0.717, 1.165) is 13.1 Å². The summed E-state index contributed by atoms with van der Waals surface area (Å²) in [6.07, 6.45) is 1.64. The summed E-state index contributed by atoms with van der Waals surface area (Å²) in [6, 6.07) is 9.01. The number of carbonyl (C=O) groups is 1. The zero-order valence-corrected chi connectivity index (χ0v) is 9.50. The van der Waals surface area contributed by atoms with Crippen molar-refractivity contribution >= 4 is 12.2 Å². The van der Waals surface area contributed by atoms with Crippen LogP contribution in [0.25, 0.3) is 0 Å². The fourth-order valence-electron chi connectivity index (χ4n) is 1.52. The smallest absolute Gasteiger partial charge is 0.271 e. The van der Waals surface area contributed by atoms with Crippen LogP contribution in [0.1, 0.15) is 10.4 Å². The number of ether oxygens (including phenoxy) is 1. The van der Waals surface area contributed by atoms with Gasteiger partial charge in [0.25, 0.3) is 5.91 Å². The molecule has 1 aliphatic heterocycles. The molecule has 5 nitrogen and oxygen atoms in total. The Hall–Kier alpha value is -1.88. The highest BCUT2D eigenvalue weighted by atomic mass is 16.5. The molecular formula is C12H15N3O2. The van der Waals surface area contributed by atoms with E-state index < -0.39 is 0 Å². The highest BCUT2D eigenvalue weighted by Gasteiger charge is 2.06. The first-order valence-corrected chi connectivity index (χ1v) is 5.56. The standard InChI is InChI=1S/C12H15N3O2/c16-12(11-4-2-1-3-5-11)14-13-10-15-6-8-17-9-7-15/h1-5,10H,6-9H2,(H,14,16). The van der Waals surface area contributed by atoms with Gasteiger partial charge in [-0.1, -0.05) is 18.2 Å². The van der Waals surface area contributed by atoms with E-state index >= 15 is 0 Å². The third-order valence-electron chi connectivity index (χ3n) is 2.47. The van der Waals surface area contributed by atoms with Gasteiger partial charge < -0.3 is 9.64 Å². The first-order valence-electron chi connectivity index (χ1n) is 5.56. The van der Waals surface area contributed by atoms with Crippen LogP contribution in [0.4, 0.5) is 0 Å². The molecule has 0 saturated carbocycles. The minimum Gasteiger partial charge on any atom is -0.378 e. The number of amides is 1. The molecule has 1 heterocycles. The summed E-state index contributed by atoms with van der Waals surface area (Å²) < 4.78 is 5.21. The van der Waals surface area contributed by atoms with Crippen LogP contribution in [-0.2, 0) is 4.74 Å². The van der Waals surface area contributed by atoms with Crippen LogP contribution in [0.3, 0.4) is 0 Å². The monoisotopic (exact) mass is 233 g/mol. The number of rotatable bonds is 3. The molecule has 1 fully saturated rings. The van der Waals surface area contributed by atoms with Gasteiger partial charge in [-0.3, -0.25) is 4.79 Å². The van der Waals surface area contributed by atoms with Crippen molar-refractivity contribution in [1.82, 2.24) is 10.3 Å². The first kappa shape index (κ1) is 11.6. The minimum absolute atomic E-state index is 0.199. The Morgan fingerprint density at radius 1 is 1.29 bits per heavy atom. The lowest BCUT2D eigenvalue weighted by Gasteiger charge is -2.23. The number of hydrogen-bond acceptors (Lipinski definition) is 3. The fraction of sp³-hybridized carbons (Fsp3) is 0.333. The largest absolute Gasteiger partial charge is 0.378 e. The molecule has 5 heteroatoms. The van der Waals surface area contributed by atoms with E-state index in [4.69, 9.17) is 4.74 Å². The summed E-state index contributed by atoms with van der Waals surface area (Å²) in [4.78, 5) is 13.6. The summed E-state index contributed by atoms with van der Waals surface area (Å²) in [5.41, 5.74) is 3.10. The van der Waals surface area contributed by atoms with E-state index in [9.17, 15) is 4.79 Å². The second-order valence-corrected chi connectivity index (χ2v) is 3.70. The molecule has 1 aliphatic rings. The van der Waals surface area contributed by atoms with Gasteiger partial charge in [0.15, 0.2) is 0 Å². The molecule has 1 amide bonds. The zero-order chi connectivity index (χ0) is 11.9. The topological polar surface area (TPSA) is 53.9 Å². The van der Waals surface area contributed by atoms with Crippen molar-refractivity contribution in [3.05, 3.63) is 35.9 Å². The average molecular weight is 233 g/mol. The van der Waals surface area contributed by atoms with Gasteiger partial charge in [-0.25, -0.2) is 5.43 Å². The lowest BCUT2D eigenvalue weighted by molar-refractivity contribution is 0.0698. The van der Waals surface area contributed by atoms with Crippen LogP contribution in [0.5, 0.6) is 0 Å². The van der Waals surface area contributed by atoms with Crippen LogP contribution in [0.15, 0.2) is 35.4 Å². The van der Waals surface area contributed by atoms with Gasteiger partial charge in [-0.15, -0.1) is 0 Å². The minimum atomic E-state index is -0.199. The van der Waals surface area contributed by atoms with Gasteiger partial charge in [0.2, 0.25) is 0 Å². The summed E-state index contributed by atoms with van der Waals surface area (Å²) >= 11 is 0. The van der Waals surface area contributed by atoms with E-state index in [-0.39, 0.29) is 5.91 Å². The molecule has 0 unspecified atom stereocenters. The van der Waals surface area contributed by atoms with Crippen LogP contribution >= 0.6 is 0 Å². The summed E-state index contributed by atoms with van der Waals surface area (Å²) in [6.45, 7) is 3.03. The number of hydrazone groups is 1. The number of benzene rings is 1. The van der Waals surface area contributed by atoms with Crippen LogP contribution in [0.2, 0.25) is 0 Å². The van der Waals surface area contributed by atoms with Crippen LogP contribution in [0, 0.1) is 0 Å². The third kappa shape index (κ3) is 3.57. The van der Waals surface area contributed by atoms with Gasteiger partial charge >= 0.3 is 0 Å². The summed E-state index contributed by atoms with van der Waals surface area (Å²) in [5.74, 6) is -0.199. The van der Waals surface area contributed by atoms with Crippen LogP contribution in [-0.4, -0.2) is 43.4 Å². The molecule has 1 N–H and O–H groups in total. The molecule has 0 radical (unpaired) electrons. The molecule has 90 valence electrons. The van der Waals surface area contributed by atoms with Gasteiger partial charge in [-0.05, 0) is 12.1 Å². The quantitative estimate of drug-likeness (QED) is 0.475. The van der Waals surface area contributed by atoms with Crippen molar-refractivity contribution in [1.29, 1.82) is 0 Å². The molecule has 0 aliphatic carbocycles. The molecule has 0 spiro atoms. The predicted molar refractivity (Wildman–Crippen MR) is 64.8 cm³/mol. The summed E-state index contributed by atoms with van der Waals surface area (Å²) in [5, 5.41) is 3.92. The first-order chi connectivity index (χ1) is 8.36. The SMILES string of the molecule is O=C(NN=CN1CCOCC1)c1ccccc1. The second kappa shape index (κ2) is 6.00. The normalized spacial score (nSPS) is 16.1. The van der Waals surface area contributed by atoms with Gasteiger partial charge in [0.05, 0.1) is 13.2 Å². The molecule has 0 bridgehead atoms. The molecule has 17 heavy (non-hydrogen) atoms. The van der Waals surface area contributed by atoms with Crippen molar-refractivity contribution < 1.29 is 9.53 Å². The Morgan fingerprint density at radius 3 is 2.71 bits per heavy atom. The lowest BCUT2D eigenvalue weighted by Crippen LogP contribution is -2.36. The van der Waals surface area contributed by atoms with Crippen molar-refractivity contribution in [2.75, 3.05) is 26.3 Å². The molecular weight excluding hydrogens is 218 g/mol. The maximum absolute atomic E-state index is 11.6. The molecule has 1 aromatic rings. The van der Waals surface area contributed by atoms with Gasteiger partial charge in [0, 0.05) is 18.7 Å². The average Bonchev–Trinajstić information content (AvgIpc) is 2.41. The van der Waals surface area contributed by atoms with E-state index in [1.54, 1.807) is 18.5 Å². The second-order valence-electron chi connectivity index (χ2n) is 3.70. The maximum Gasteiger partial charge on any atom is 0.271 e. The lowest BCUT2D eigenvalue weighted by atomic mass is 10.2. The number of morpholine rings is 1. The number of hydrogen-bond donors (Lipinski definition) is 1. The Bertz CT molecular complexity index is 386. The third-order valence-corrected chi connectivity index (χ3v) is 2.47. The highest BCUT2D eigenvalue weighted by Crippen LogP contribution is 1.97. The van der Waals surface area contributed by atoms with Crippen molar-refractivity contribution in [2.24, 2.45) is 5.10 Å². The Kier molecular flexibility index (Phi) is 4.10.